The molecule has 1 saturated heterocycles. The number of ether oxygens (including phenoxy) is 1. The lowest BCUT2D eigenvalue weighted by atomic mass is 10.0. The van der Waals surface area contributed by atoms with Crippen LogP contribution in [-0.4, -0.2) is 68.8 Å². The highest BCUT2D eigenvalue weighted by Crippen LogP contribution is 2.20. The average Bonchev–Trinajstić information content (AvgIpc) is 2.57. The van der Waals surface area contributed by atoms with Crippen molar-refractivity contribution in [2.75, 3.05) is 57.5 Å². The van der Waals surface area contributed by atoms with Crippen LogP contribution in [0.1, 0.15) is 19.8 Å². The van der Waals surface area contributed by atoms with Gasteiger partial charge in [-0.3, -0.25) is 9.59 Å². The predicted molar refractivity (Wildman–Crippen MR) is 93.6 cm³/mol. The number of likely N-dealkylation sites (N-methyl/N-ethyl adjacent to an activating group) is 1. The molecule has 2 N–H and O–H groups in total. The topological polar surface area (TPSA) is 91.0 Å². The van der Waals surface area contributed by atoms with Crippen LogP contribution in [0, 0.1) is 0 Å². The van der Waals surface area contributed by atoms with Gasteiger partial charge in [0.15, 0.2) is 0 Å². The van der Waals surface area contributed by atoms with Crippen molar-refractivity contribution in [3.05, 3.63) is 20.4 Å². The van der Waals surface area contributed by atoms with E-state index in [1.165, 1.54) is 0 Å². The summed E-state index contributed by atoms with van der Waals surface area (Å²) in [6.07, 6.45) is 1.14. The lowest BCUT2D eigenvalue weighted by molar-refractivity contribution is 0.0983. The number of hydrogen-bond acceptors (Lipinski definition) is 7. The molecule has 0 spiro atoms. The molecule has 1 aromatic carbocycles. The van der Waals surface area contributed by atoms with Gasteiger partial charge in [-0.05, 0) is 33.9 Å². The molecule has 1 amide bonds. The van der Waals surface area contributed by atoms with Gasteiger partial charge in [0, 0.05) is 32.2 Å². The lowest BCUT2D eigenvalue weighted by Crippen LogP contribution is -2.45. The summed E-state index contributed by atoms with van der Waals surface area (Å²) in [6, 6.07) is 0.0772. The Bertz CT molecular complexity index is 628. The average molecular weight is 338 g/mol. The van der Waals surface area contributed by atoms with E-state index in [1.54, 1.807) is 11.8 Å². The number of likely N-dealkylation sites (tertiary alicyclic amines) is 1. The number of piperidine rings is 1. The maximum Gasteiger partial charge on any atom is 0.409 e. The minimum Gasteiger partial charge on any atom is -0.450 e. The summed E-state index contributed by atoms with van der Waals surface area (Å²) in [7, 11) is 3.89. The minimum atomic E-state index is -0.463. The Morgan fingerprint density at radius 2 is 1.83 bits per heavy atom. The van der Waals surface area contributed by atoms with Crippen molar-refractivity contribution >= 4 is 17.5 Å². The predicted octanol–water partition coefficient (Wildman–Crippen LogP) is 0.289. The van der Waals surface area contributed by atoms with Gasteiger partial charge in [-0.2, -0.15) is 0 Å². The number of nitrogens with zero attached hydrogens (tertiary/aromatic N) is 2. The maximum absolute atomic E-state index is 11.8. The lowest BCUT2D eigenvalue weighted by Gasteiger charge is -2.32. The van der Waals surface area contributed by atoms with E-state index in [1.807, 2.05) is 19.0 Å². The summed E-state index contributed by atoms with van der Waals surface area (Å²) in [5, 5.41) is 6.20. The van der Waals surface area contributed by atoms with Crippen LogP contribution >= 0.6 is 0 Å². The van der Waals surface area contributed by atoms with E-state index in [0.717, 1.165) is 19.4 Å². The Labute approximate surface area is 141 Å². The molecule has 1 aliphatic heterocycles. The van der Waals surface area contributed by atoms with E-state index in [9.17, 15) is 14.4 Å². The monoisotopic (exact) mass is 338 g/mol. The molecule has 0 atom stereocenters. The zero-order chi connectivity index (χ0) is 17.7. The number of carbonyl (C=O) groups is 1. The number of carbonyl (C=O) groups excluding carboxylic acids is 1. The van der Waals surface area contributed by atoms with Crippen molar-refractivity contribution in [1.82, 2.24) is 9.80 Å². The normalized spacial score (nSPS) is 15.8. The van der Waals surface area contributed by atoms with Crippen molar-refractivity contribution in [2.45, 2.75) is 25.8 Å². The Balaban J connectivity index is 1.87. The highest BCUT2D eigenvalue weighted by atomic mass is 16.6. The number of nitrogens with one attached hydrogen (secondary N) is 2. The molecule has 0 unspecified atom stereocenters. The molecule has 0 radical (unpaired) electrons. The van der Waals surface area contributed by atoms with Crippen LogP contribution < -0.4 is 21.5 Å². The smallest absolute Gasteiger partial charge is 0.409 e. The van der Waals surface area contributed by atoms with Crippen molar-refractivity contribution in [3.8, 4) is 0 Å². The second-order valence-electron chi connectivity index (χ2n) is 6.24. The first-order valence-corrected chi connectivity index (χ1v) is 8.34. The van der Waals surface area contributed by atoms with E-state index in [-0.39, 0.29) is 12.1 Å². The van der Waals surface area contributed by atoms with E-state index in [0.29, 0.717) is 37.6 Å². The van der Waals surface area contributed by atoms with Gasteiger partial charge in [-0.25, -0.2) is 4.79 Å². The van der Waals surface area contributed by atoms with Crippen LogP contribution in [0.4, 0.5) is 16.2 Å². The third kappa shape index (κ3) is 4.25. The third-order valence-corrected chi connectivity index (χ3v) is 4.14. The zero-order valence-corrected chi connectivity index (χ0v) is 14.6. The highest BCUT2D eigenvalue weighted by molar-refractivity contribution is 5.74. The Morgan fingerprint density at radius 1 is 1.21 bits per heavy atom. The number of hydrogen-bond donors (Lipinski definition) is 2. The fourth-order valence-corrected chi connectivity index (χ4v) is 2.73. The first kappa shape index (κ1) is 18.3. The number of anilines is 2. The van der Waals surface area contributed by atoms with Gasteiger partial charge in [-0.15, -0.1) is 0 Å². The fraction of sp³-hybridized carbons (Fsp3) is 0.688. The van der Waals surface area contributed by atoms with E-state index in [4.69, 9.17) is 4.74 Å². The molecular weight excluding hydrogens is 312 g/mol. The minimum absolute atomic E-state index is 0.0772. The first-order chi connectivity index (χ1) is 11.4. The van der Waals surface area contributed by atoms with Gasteiger partial charge in [0.05, 0.1) is 6.61 Å². The van der Waals surface area contributed by atoms with Gasteiger partial charge < -0.3 is 25.2 Å². The van der Waals surface area contributed by atoms with E-state index in [2.05, 4.69) is 10.6 Å². The van der Waals surface area contributed by atoms with Gasteiger partial charge in [0.1, 0.15) is 11.4 Å². The summed E-state index contributed by atoms with van der Waals surface area (Å²) >= 11 is 0. The Hall–Kier alpha value is -2.09. The second-order valence-corrected chi connectivity index (χ2v) is 6.24. The standard InChI is InChI=1S/C16H26N4O4/c1-4-24-16(23)20-8-5-11(6-9-20)18-13-12(14(21)15(13)22)17-7-10-19(2)3/h11,17-18H,4-10H2,1-3H3. The first-order valence-electron chi connectivity index (χ1n) is 8.34. The molecule has 0 aromatic heterocycles. The molecule has 1 aromatic rings. The molecule has 0 bridgehead atoms. The highest BCUT2D eigenvalue weighted by Gasteiger charge is 2.27. The molecule has 1 heterocycles. The number of rotatable bonds is 7. The molecular formula is C16H26N4O4. The van der Waals surface area contributed by atoms with Crippen molar-refractivity contribution in [1.29, 1.82) is 0 Å². The summed E-state index contributed by atoms with van der Waals surface area (Å²) in [6.45, 7) is 4.68. The molecule has 8 nitrogen and oxygen atoms in total. The largest absolute Gasteiger partial charge is 0.450 e. The molecule has 24 heavy (non-hydrogen) atoms. The van der Waals surface area contributed by atoms with Crippen molar-refractivity contribution in [3.63, 3.8) is 0 Å². The quantitative estimate of drug-likeness (QED) is 0.691. The van der Waals surface area contributed by atoms with Crippen LogP contribution in [0.15, 0.2) is 9.59 Å². The SMILES string of the molecule is CCOC(=O)N1CCC(Nc2c(NCCN(C)C)c(=O)c2=O)CC1. The van der Waals surface area contributed by atoms with E-state index < -0.39 is 10.9 Å². The summed E-state index contributed by atoms with van der Waals surface area (Å²) < 4.78 is 4.99. The van der Waals surface area contributed by atoms with Crippen LogP contribution in [-0.2, 0) is 4.74 Å². The maximum atomic E-state index is 11.8. The van der Waals surface area contributed by atoms with Crippen LogP contribution in [0.2, 0.25) is 0 Å². The summed E-state index contributed by atoms with van der Waals surface area (Å²) in [5.41, 5.74) is -0.154. The van der Waals surface area contributed by atoms with Gasteiger partial charge in [-0.1, -0.05) is 0 Å². The molecule has 1 aliphatic rings. The molecule has 1 fully saturated rings. The zero-order valence-electron chi connectivity index (χ0n) is 14.6. The molecule has 134 valence electrons. The summed E-state index contributed by atoms with van der Waals surface area (Å²) in [4.78, 5) is 38.8. The molecule has 8 heteroatoms. The fourth-order valence-electron chi connectivity index (χ4n) is 2.73. The molecule has 0 aliphatic carbocycles. The van der Waals surface area contributed by atoms with Crippen LogP contribution in [0.5, 0.6) is 0 Å². The van der Waals surface area contributed by atoms with Crippen LogP contribution in [0.25, 0.3) is 0 Å². The van der Waals surface area contributed by atoms with Gasteiger partial charge in [0.2, 0.25) is 0 Å². The second kappa shape index (κ2) is 8.14. The van der Waals surface area contributed by atoms with Crippen molar-refractivity contribution < 1.29 is 9.53 Å². The summed E-state index contributed by atoms with van der Waals surface area (Å²) in [5.74, 6) is 0. The van der Waals surface area contributed by atoms with Crippen molar-refractivity contribution in [2.24, 2.45) is 0 Å². The van der Waals surface area contributed by atoms with Crippen LogP contribution in [0.3, 0.4) is 0 Å². The van der Waals surface area contributed by atoms with Gasteiger partial charge in [0.25, 0.3) is 10.9 Å². The number of amides is 1. The molecule has 0 saturated carbocycles. The molecule has 2 rings (SSSR count). The Morgan fingerprint density at radius 3 is 2.42 bits per heavy atom. The third-order valence-electron chi connectivity index (χ3n) is 4.14. The Kier molecular flexibility index (Phi) is 6.19. The van der Waals surface area contributed by atoms with Gasteiger partial charge >= 0.3 is 6.09 Å². The van der Waals surface area contributed by atoms with E-state index >= 15 is 0 Å².